The summed E-state index contributed by atoms with van der Waals surface area (Å²) in [5.41, 5.74) is 11.3. The van der Waals surface area contributed by atoms with Crippen LogP contribution in [-0.2, 0) is 6.42 Å². The van der Waals surface area contributed by atoms with Gasteiger partial charge in [-0.25, -0.2) is 0 Å². The maximum Gasteiger partial charge on any atom is 0.252 e. The number of nitrogens with one attached hydrogen (secondary N) is 2. The Bertz CT molecular complexity index is 1650. The number of ether oxygens (including phenoxy) is 1. The first-order valence-electron chi connectivity index (χ1n) is 12.3. The van der Waals surface area contributed by atoms with Crippen molar-refractivity contribution in [1.29, 1.82) is 0 Å². The highest BCUT2D eigenvalue weighted by Crippen LogP contribution is 2.35. The molecule has 1 atom stereocenters. The fourth-order valence-electron chi connectivity index (χ4n) is 4.69. The van der Waals surface area contributed by atoms with E-state index in [1.165, 1.54) is 0 Å². The van der Waals surface area contributed by atoms with Crippen LogP contribution >= 0.6 is 0 Å². The second-order valence-electron chi connectivity index (χ2n) is 9.45. The molecule has 0 saturated carbocycles. The molecule has 5 aromatic rings. The lowest BCUT2D eigenvalue weighted by molar-refractivity contribution is 0.0994. The second kappa shape index (κ2) is 10.3. The molecule has 2 heterocycles. The van der Waals surface area contributed by atoms with Crippen LogP contribution in [0.1, 0.15) is 52.4 Å². The first kappa shape index (κ1) is 24.2. The Morgan fingerprint density at radius 2 is 1.81 bits per heavy atom. The van der Waals surface area contributed by atoms with Gasteiger partial charge in [-0.1, -0.05) is 36.1 Å². The molecule has 3 aromatic carbocycles. The molecule has 0 aliphatic heterocycles. The Hall–Kier alpha value is -4.47. The van der Waals surface area contributed by atoms with Crippen molar-refractivity contribution in [3.05, 3.63) is 101 Å². The molecule has 6 nitrogen and oxygen atoms in total. The first-order valence-corrected chi connectivity index (χ1v) is 12.3. The van der Waals surface area contributed by atoms with Crippen molar-refractivity contribution in [2.75, 3.05) is 6.61 Å². The third-order valence-electron chi connectivity index (χ3n) is 6.44. The quantitative estimate of drug-likeness (QED) is 0.234. The molecule has 5 rings (SSSR count). The molecular weight excluding hydrogens is 462 g/mol. The summed E-state index contributed by atoms with van der Waals surface area (Å²) in [6.45, 7) is 3.66. The van der Waals surface area contributed by atoms with Gasteiger partial charge in [0.2, 0.25) is 0 Å². The van der Waals surface area contributed by atoms with Gasteiger partial charge < -0.3 is 25.5 Å². The number of amides is 1. The number of aromatic nitrogens is 2. The van der Waals surface area contributed by atoms with Crippen LogP contribution in [0.5, 0.6) is 5.75 Å². The van der Waals surface area contributed by atoms with E-state index in [4.69, 9.17) is 10.5 Å². The van der Waals surface area contributed by atoms with Crippen LogP contribution in [0.15, 0.2) is 73.1 Å². The van der Waals surface area contributed by atoms with E-state index in [1.807, 2.05) is 74.8 Å². The second-order valence-corrected chi connectivity index (χ2v) is 9.45. The van der Waals surface area contributed by atoms with E-state index in [1.54, 1.807) is 6.07 Å². The molecule has 1 amide bonds. The van der Waals surface area contributed by atoms with Gasteiger partial charge in [0.1, 0.15) is 5.75 Å². The maximum absolute atomic E-state index is 12.5. The van der Waals surface area contributed by atoms with E-state index in [-0.39, 0.29) is 24.2 Å². The molecule has 0 saturated heterocycles. The molecule has 2 aromatic heterocycles. The molecule has 0 fully saturated rings. The number of H-pyrrole nitrogens is 2. The summed E-state index contributed by atoms with van der Waals surface area (Å²) in [7, 11) is 0. The Morgan fingerprint density at radius 1 is 1.00 bits per heavy atom. The molecular formula is C31H29N3O3. The monoisotopic (exact) mass is 491 g/mol. The number of aromatic amines is 2. The largest absolute Gasteiger partial charge is 0.490 e. The number of aliphatic hydroxyl groups excluding tert-OH is 1. The number of fused-ring (bicyclic) bond motifs is 2. The van der Waals surface area contributed by atoms with Crippen LogP contribution in [-0.4, -0.2) is 33.7 Å². The smallest absolute Gasteiger partial charge is 0.252 e. The Morgan fingerprint density at radius 3 is 2.59 bits per heavy atom. The van der Waals surface area contributed by atoms with E-state index < -0.39 is 5.91 Å². The average Bonchev–Trinajstić information content (AvgIpc) is 3.52. The van der Waals surface area contributed by atoms with Gasteiger partial charge in [0.15, 0.2) is 0 Å². The number of carbonyl (C=O) groups is 1. The lowest BCUT2D eigenvalue weighted by atomic mass is 9.88. The molecule has 0 radical (unpaired) electrons. The van der Waals surface area contributed by atoms with E-state index in [0.29, 0.717) is 23.3 Å². The zero-order chi connectivity index (χ0) is 25.9. The standard InChI is InChI=1S/C31H29N3O3/c1-19(2)37-30-26(24(18-35)16-23-17-34-28-6-4-3-5-25(23)28)13-21(14-27(30)31(32)36)8-7-20-9-10-22-11-12-33-29(22)15-20/h3-6,9-15,17,19,24,33-35H,16,18H2,1-2H3,(H2,32,36)/t24-/m0/s1. The number of carbonyl (C=O) groups excluding carboxylic acids is 1. The van der Waals surface area contributed by atoms with Gasteiger partial charge in [0.05, 0.1) is 18.3 Å². The van der Waals surface area contributed by atoms with Crippen LogP contribution in [0.2, 0.25) is 0 Å². The number of hydrogen-bond donors (Lipinski definition) is 4. The third-order valence-corrected chi connectivity index (χ3v) is 6.44. The third kappa shape index (κ3) is 5.09. The lowest BCUT2D eigenvalue weighted by Gasteiger charge is -2.23. The molecule has 0 aliphatic rings. The highest BCUT2D eigenvalue weighted by Gasteiger charge is 2.24. The topological polar surface area (TPSA) is 104 Å². The van der Waals surface area contributed by atoms with Gasteiger partial charge in [-0.3, -0.25) is 4.79 Å². The number of primary amides is 1. The number of benzene rings is 3. The van der Waals surface area contributed by atoms with Gasteiger partial charge in [0, 0.05) is 51.4 Å². The van der Waals surface area contributed by atoms with Crippen LogP contribution in [0, 0.1) is 11.8 Å². The molecule has 0 bridgehead atoms. The number of para-hydroxylation sites is 1. The van der Waals surface area contributed by atoms with E-state index >= 15 is 0 Å². The molecule has 5 N–H and O–H groups in total. The predicted octanol–water partition coefficient (Wildman–Crippen LogP) is 5.25. The highest BCUT2D eigenvalue weighted by atomic mass is 16.5. The number of aliphatic hydroxyl groups is 1. The van der Waals surface area contributed by atoms with E-state index in [2.05, 4.69) is 27.9 Å². The summed E-state index contributed by atoms with van der Waals surface area (Å²) < 4.78 is 6.11. The van der Waals surface area contributed by atoms with Crippen molar-refractivity contribution in [2.24, 2.45) is 5.73 Å². The minimum absolute atomic E-state index is 0.132. The molecule has 186 valence electrons. The average molecular weight is 492 g/mol. The predicted molar refractivity (Wildman–Crippen MR) is 147 cm³/mol. The molecule has 6 heteroatoms. The van der Waals surface area contributed by atoms with Crippen molar-refractivity contribution in [1.82, 2.24) is 9.97 Å². The van der Waals surface area contributed by atoms with Crippen molar-refractivity contribution in [3.8, 4) is 17.6 Å². The minimum Gasteiger partial charge on any atom is -0.490 e. The summed E-state index contributed by atoms with van der Waals surface area (Å²) in [4.78, 5) is 19.0. The van der Waals surface area contributed by atoms with Gasteiger partial charge in [-0.2, -0.15) is 0 Å². The number of rotatable bonds is 7. The van der Waals surface area contributed by atoms with Crippen molar-refractivity contribution < 1.29 is 14.6 Å². The van der Waals surface area contributed by atoms with Crippen LogP contribution < -0.4 is 10.5 Å². The zero-order valence-electron chi connectivity index (χ0n) is 20.8. The summed E-state index contributed by atoms with van der Waals surface area (Å²) in [5, 5.41) is 12.7. The fraction of sp³-hybridized carbons (Fsp3) is 0.194. The highest BCUT2D eigenvalue weighted by molar-refractivity contribution is 5.96. The van der Waals surface area contributed by atoms with Crippen LogP contribution in [0.25, 0.3) is 21.8 Å². The minimum atomic E-state index is -0.600. The fourth-order valence-corrected chi connectivity index (χ4v) is 4.69. The van der Waals surface area contributed by atoms with E-state index in [9.17, 15) is 9.90 Å². The Labute approximate surface area is 215 Å². The maximum atomic E-state index is 12.5. The van der Waals surface area contributed by atoms with Crippen LogP contribution in [0.4, 0.5) is 0 Å². The summed E-state index contributed by atoms with van der Waals surface area (Å²) >= 11 is 0. The van der Waals surface area contributed by atoms with Gasteiger partial charge >= 0.3 is 0 Å². The Kier molecular flexibility index (Phi) is 6.72. The summed E-state index contributed by atoms with van der Waals surface area (Å²) in [5.74, 6) is 5.85. The van der Waals surface area contributed by atoms with Gasteiger partial charge in [-0.15, -0.1) is 0 Å². The zero-order valence-corrected chi connectivity index (χ0v) is 20.8. The SMILES string of the molecule is CC(C)Oc1c(C(N)=O)cc(C#Cc2ccc3cc[nH]c3c2)cc1[C@H](CO)Cc1c[nH]c2ccccc12. The van der Waals surface area contributed by atoms with E-state index in [0.717, 1.165) is 32.9 Å². The van der Waals surface area contributed by atoms with Crippen molar-refractivity contribution in [2.45, 2.75) is 32.3 Å². The Balaban J connectivity index is 1.59. The van der Waals surface area contributed by atoms with Crippen molar-refractivity contribution in [3.63, 3.8) is 0 Å². The summed E-state index contributed by atoms with van der Waals surface area (Å²) in [6.07, 6.45) is 4.22. The van der Waals surface area contributed by atoms with Gasteiger partial charge in [-0.05, 0) is 67.6 Å². The lowest BCUT2D eigenvalue weighted by Crippen LogP contribution is -2.19. The molecule has 0 spiro atoms. The summed E-state index contributed by atoms with van der Waals surface area (Å²) in [6, 6.07) is 19.6. The molecule has 37 heavy (non-hydrogen) atoms. The molecule has 0 aliphatic carbocycles. The van der Waals surface area contributed by atoms with Gasteiger partial charge in [0.25, 0.3) is 5.91 Å². The van der Waals surface area contributed by atoms with Crippen molar-refractivity contribution >= 4 is 27.7 Å². The number of nitrogens with two attached hydrogens (primary N) is 1. The molecule has 0 unspecified atom stereocenters. The van der Waals surface area contributed by atoms with Crippen LogP contribution in [0.3, 0.4) is 0 Å². The number of hydrogen-bond acceptors (Lipinski definition) is 3. The first-order chi connectivity index (χ1) is 17.9. The normalized spacial score (nSPS) is 12.0.